The Kier molecular flexibility index (Phi) is 2.63. The average molecular weight is 237 g/mol. The maximum Gasteiger partial charge on any atom is 0.217 e. The van der Waals surface area contributed by atoms with Crippen molar-refractivity contribution in [3.05, 3.63) is 59.2 Å². The van der Waals surface area contributed by atoms with Crippen LogP contribution in [-0.4, -0.2) is 5.91 Å². The van der Waals surface area contributed by atoms with Crippen LogP contribution in [0.1, 0.15) is 23.6 Å². The molecule has 0 radical (unpaired) electrons. The Morgan fingerprint density at radius 3 is 2.72 bits per heavy atom. The Morgan fingerprint density at radius 1 is 1.11 bits per heavy atom. The summed E-state index contributed by atoms with van der Waals surface area (Å²) in [7, 11) is 0. The average Bonchev–Trinajstić information content (AvgIpc) is 2.73. The minimum absolute atomic E-state index is 0.0128. The van der Waals surface area contributed by atoms with Gasteiger partial charge < -0.3 is 5.32 Å². The van der Waals surface area contributed by atoms with Crippen LogP contribution >= 0.6 is 0 Å². The minimum atomic E-state index is 0.0128. The van der Waals surface area contributed by atoms with Crippen LogP contribution in [0.25, 0.3) is 11.1 Å². The highest BCUT2D eigenvalue weighted by atomic mass is 16.1. The number of carbonyl (C=O) groups is 1. The number of amides is 1. The number of hydrogen-bond donors (Lipinski definition) is 1. The molecule has 2 aromatic carbocycles. The first-order valence-electron chi connectivity index (χ1n) is 6.18. The van der Waals surface area contributed by atoms with E-state index in [1.54, 1.807) is 6.92 Å². The molecular formula is C16H15NO. The summed E-state index contributed by atoms with van der Waals surface area (Å²) >= 11 is 0. The zero-order chi connectivity index (χ0) is 12.5. The van der Waals surface area contributed by atoms with E-state index in [4.69, 9.17) is 0 Å². The Hall–Kier alpha value is -2.09. The molecule has 90 valence electrons. The van der Waals surface area contributed by atoms with Crippen LogP contribution in [0.2, 0.25) is 0 Å². The van der Waals surface area contributed by atoms with E-state index >= 15 is 0 Å². The zero-order valence-electron chi connectivity index (χ0n) is 10.4. The topological polar surface area (TPSA) is 29.1 Å². The number of benzene rings is 2. The number of hydrogen-bond acceptors (Lipinski definition) is 1. The molecule has 3 rings (SSSR count). The smallest absolute Gasteiger partial charge is 0.217 e. The molecule has 0 fully saturated rings. The molecule has 1 aliphatic rings. The van der Waals surface area contributed by atoms with Gasteiger partial charge in [0.05, 0.1) is 0 Å². The normalized spacial score (nSPS) is 11.8. The second kappa shape index (κ2) is 4.30. The number of rotatable bonds is 2. The van der Waals surface area contributed by atoms with E-state index in [0.717, 1.165) is 12.0 Å². The summed E-state index contributed by atoms with van der Waals surface area (Å²) in [4.78, 5) is 10.9. The number of nitrogens with one attached hydrogen (secondary N) is 1. The van der Waals surface area contributed by atoms with E-state index in [9.17, 15) is 4.79 Å². The molecule has 1 N–H and O–H groups in total. The van der Waals surface area contributed by atoms with Gasteiger partial charge in [0.25, 0.3) is 0 Å². The Bertz CT molecular complexity index is 616. The fourth-order valence-electron chi connectivity index (χ4n) is 2.53. The van der Waals surface area contributed by atoms with Crippen LogP contribution in [0.15, 0.2) is 42.5 Å². The highest BCUT2D eigenvalue weighted by molar-refractivity contribution is 5.77. The van der Waals surface area contributed by atoms with E-state index in [-0.39, 0.29) is 5.91 Å². The molecule has 2 aromatic rings. The van der Waals surface area contributed by atoms with Crippen molar-refractivity contribution in [1.82, 2.24) is 5.32 Å². The van der Waals surface area contributed by atoms with Gasteiger partial charge in [-0.3, -0.25) is 4.79 Å². The van der Waals surface area contributed by atoms with E-state index in [2.05, 4.69) is 47.8 Å². The predicted octanol–water partition coefficient (Wildman–Crippen LogP) is 2.89. The van der Waals surface area contributed by atoms with Crippen molar-refractivity contribution >= 4 is 5.91 Å². The third kappa shape index (κ3) is 1.90. The highest BCUT2D eigenvalue weighted by Gasteiger charge is 2.17. The third-order valence-corrected chi connectivity index (χ3v) is 3.40. The zero-order valence-corrected chi connectivity index (χ0v) is 10.4. The summed E-state index contributed by atoms with van der Waals surface area (Å²) in [5.41, 5.74) is 6.59. The highest BCUT2D eigenvalue weighted by Crippen LogP contribution is 2.36. The van der Waals surface area contributed by atoms with Crippen molar-refractivity contribution in [2.45, 2.75) is 19.9 Å². The lowest BCUT2D eigenvalue weighted by molar-refractivity contribution is -0.119. The van der Waals surface area contributed by atoms with Gasteiger partial charge in [0.15, 0.2) is 0 Å². The number of carbonyl (C=O) groups excluding carboxylic acids is 1. The maximum absolute atomic E-state index is 10.9. The van der Waals surface area contributed by atoms with Crippen LogP contribution in [-0.2, 0) is 17.8 Å². The Labute approximate surface area is 107 Å². The quantitative estimate of drug-likeness (QED) is 0.729. The first-order valence-corrected chi connectivity index (χ1v) is 6.18. The van der Waals surface area contributed by atoms with Crippen molar-refractivity contribution in [3.63, 3.8) is 0 Å². The van der Waals surface area contributed by atoms with Crippen LogP contribution in [0.5, 0.6) is 0 Å². The largest absolute Gasteiger partial charge is 0.352 e. The van der Waals surface area contributed by atoms with Gasteiger partial charge >= 0.3 is 0 Å². The van der Waals surface area contributed by atoms with Gasteiger partial charge in [-0.2, -0.15) is 0 Å². The maximum atomic E-state index is 10.9. The van der Waals surface area contributed by atoms with Gasteiger partial charge in [-0.05, 0) is 34.2 Å². The Morgan fingerprint density at radius 2 is 1.89 bits per heavy atom. The molecule has 0 saturated heterocycles. The lowest BCUT2D eigenvalue weighted by Crippen LogP contribution is -2.18. The molecule has 0 aromatic heterocycles. The second-order valence-electron chi connectivity index (χ2n) is 4.74. The molecule has 0 unspecified atom stereocenters. The fraction of sp³-hybridized carbons (Fsp3) is 0.188. The summed E-state index contributed by atoms with van der Waals surface area (Å²) < 4.78 is 0. The molecule has 1 aliphatic carbocycles. The molecule has 2 heteroatoms. The van der Waals surface area contributed by atoms with Crippen LogP contribution in [0, 0.1) is 0 Å². The molecule has 2 nitrogen and oxygen atoms in total. The monoisotopic (exact) mass is 237 g/mol. The first kappa shape index (κ1) is 11.0. The molecule has 0 aliphatic heterocycles. The first-order chi connectivity index (χ1) is 8.74. The third-order valence-electron chi connectivity index (χ3n) is 3.40. The summed E-state index contributed by atoms with van der Waals surface area (Å²) in [5, 5.41) is 2.84. The minimum Gasteiger partial charge on any atom is -0.352 e. The van der Waals surface area contributed by atoms with Crippen molar-refractivity contribution in [3.8, 4) is 11.1 Å². The molecule has 0 bridgehead atoms. The van der Waals surface area contributed by atoms with Gasteiger partial charge in [-0.25, -0.2) is 0 Å². The van der Waals surface area contributed by atoms with Gasteiger partial charge in [-0.15, -0.1) is 0 Å². The van der Waals surface area contributed by atoms with Gasteiger partial charge in [0.1, 0.15) is 0 Å². The van der Waals surface area contributed by atoms with Crippen LogP contribution in [0.3, 0.4) is 0 Å². The lowest BCUT2D eigenvalue weighted by Gasteiger charge is -2.06. The lowest BCUT2D eigenvalue weighted by atomic mass is 10.0. The summed E-state index contributed by atoms with van der Waals surface area (Å²) in [6.07, 6.45) is 0.999. The molecule has 0 saturated carbocycles. The van der Waals surface area contributed by atoms with Crippen LogP contribution in [0.4, 0.5) is 0 Å². The van der Waals surface area contributed by atoms with Gasteiger partial charge in [0, 0.05) is 13.5 Å². The van der Waals surface area contributed by atoms with Gasteiger partial charge in [-0.1, -0.05) is 42.5 Å². The van der Waals surface area contributed by atoms with E-state index < -0.39 is 0 Å². The summed E-state index contributed by atoms with van der Waals surface area (Å²) in [5.74, 6) is 0.0128. The van der Waals surface area contributed by atoms with Crippen molar-refractivity contribution < 1.29 is 4.79 Å². The molecule has 0 heterocycles. The molecule has 0 atom stereocenters. The molecule has 18 heavy (non-hydrogen) atoms. The van der Waals surface area contributed by atoms with E-state index in [1.165, 1.54) is 22.3 Å². The fourth-order valence-corrected chi connectivity index (χ4v) is 2.53. The summed E-state index contributed by atoms with van der Waals surface area (Å²) in [6.45, 7) is 2.15. The van der Waals surface area contributed by atoms with Crippen molar-refractivity contribution in [2.24, 2.45) is 0 Å². The second-order valence-corrected chi connectivity index (χ2v) is 4.74. The van der Waals surface area contributed by atoms with Crippen LogP contribution < -0.4 is 5.32 Å². The molecule has 1 amide bonds. The van der Waals surface area contributed by atoms with Crippen molar-refractivity contribution in [2.75, 3.05) is 0 Å². The van der Waals surface area contributed by atoms with Crippen molar-refractivity contribution in [1.29, 1.82) is 0 Å². The van der Waals surface area contributed by atoms with E-state index in [1.807, 2.05) is 0 Å². The molecular weight excluding hydrogens is 222 g/mol. The molecule has 0 spiro atoms. The summed E-state index contributed by atoms with van der Waals surface area (Å²) in [6, 6.07) is 15.0. The van der Waals surface area contributed by atoms with E-state index in [0.29, 0.717) is 6.54 Å². The predicted molar refractivity (Wildman–Crippen MR) is 72.2 cm³/mol. The number of fused-ring (bicyclic) bond motifs is 3. The SMILES string of the molecule is CC(=O)NCc1ccc2c(c1)Cc1ccccc1-2. The van der Waals surface area contributed by atoms with Gasteiger partial charge in [0.2, 0.25) is 5.91 Å². The standard InChI is InChI=1S/C16H15NO/c1-11(18)17-10-12-6-7-16-14(8-12)9-13-4-2-3-5-15(13)16/h2-8H,9-10H2,1H3,(H,17,18). The Balaban J connectivity index is 1.91.